The van der Waals surface area contributed by atoms with Crippen molar-refractivity contribution in [1.29, 1.82) is 0 Å². The summed E-state index contributed by atoms with van der Waals surface area (Å²) in [5.74, 6) is -2.29. The molecule has 0 aromatic rings. The van der Waals surface area contributed by atoms with Crippen LogP contribution in [0.5, 0.6) is 0 Å². The molecule has 2 rings (SSSR count). The van der Waals surface area contributed by atoms with Gasteiger partial charge in [0.25, 0.3) is 0 Å². The van der Waals surface area contributed by atoms with Crippen LogP contribution in [0.2, 0.25) is 0 Å². The molecule has 106 valence electrons. The Morgan fingerprint density at radius 3 is 2.56 bits per heavy atom. The number of hydrogen-bond donors (Lipinski definition) is 0. The van der Waals surface area contributed by atoms with Crippen molar-refractivity contribution in [2.45, 2.75) is 68.7 Å². The van der Waals surface area contributed by atoms with Crippen molar-refractivity contribution < 1.29 is 8.78 Å². The molecule has 0 amide bonds. The van der Waals surface area contributed by atoms with Gasteiger partial charge in [-0.2, -0.15) is 0 Å². The van der Waals surface area contributed by atoms with Gasteiger partial charge >= 0.3 is 0 Å². The van der Waals surface area contributed by atoms with Crippen molar-refractivity contribution in [3.05, 3.63) is 0 Å². The Balaban J connectivity index is 1.84. The fraction of sp³-hybridized carbons (Fsp3) is 1.00. The molecule has 3 atom stereocenters. The van der Waals surface area contributed by atoms with Crippen LogP contribution in [0.4, 0.5) is 8.78 Å². The SMILES string of the molecule is CN(CC1CCCC(F)(F)C1)C1CCCCC1Cl. The molecule has 2 saturated carbocycles. The number of rotatable bonds is 3. The molecule has 4 heteroatoms. The molecule has 0 aliphatic heterocycles. The van der Waals surface area contributed by atoms with Gasteiger partial charge in [0.1, 0.15) is 0 Å². The molecule has 0 aromatic carbocycles. The Hall–Kier alpha value is 0.110. The molecule has 18 heavy (non-hydrogen) atoms. The number of alkyl halides is 3. The minimum atomic E-state index is -2.43. The molecular weight excluding hydrogens is 256 g/mol. The summed E-state index contributed by atoms with van der Waals surface area (Å²) in [7, 11) is 2.05. The van der Waals surface area contributed by atoms with Gasteiger partial charge in [-0.15, -0.1) is 11.6 Å². The van der Waals surface area contributed by atoms with Crippen LogP contribution in [-0.4, -0.2) is 35.8 Å². The lowest BCUT2D eigenvalue weighted by Gasteiger charge is -2.38. The van der Waals surface area contributed by atoms with Gasteiger partial charge in [0.05, 0.1) is 0 Å². The van der Waals surface area contributed by atoms with Crippen LogP contribution in [-0.2, 0) is 0 Å². The van der Waals surface area contributed by atoms with E-state index in [1.807, 2.05) is 0 Å². The average molecular weight is 280 g/mol. The molecule has 0 spiro atoms. The topological polar surface area (TPSA) is 3.24 Å². The van der Waals surface area contributed by atoms with E-state index in [0.29, 0.717) is 12.5 Å². The van der Waals surface area contributed by atoms with E-state index in [4.69, 9.17) is 11.6 Å². The lowest BCUT2D eigenvalue weighted by molar-refractivity contribution is -0.0578. The van der Waals surface area contributed by atoms with Crippen LogP contribution in [0.1, 0.15) is 51.4 Å². The second-order valence-corrected chi connectivity index (χ2v) is 6.69. The van der Waals surface area contributed by atoms with Crippen LogP contribution in [0.15, 0.2) is 0 Å². The second-order valence-electron chi connectivity index (χ2n) is 6.13. The van der Waals surface area contributed by atoms with E-state index in [1.165, 1.54) is 12.8 Å². The van der Waals surface area contributed by atoms with Gasteiger partial charge in [-0.25, -0.2) is 8.78 Å². The van der Waals surface area contributed by atoms with E-state index in [2.05, 4.69) is 11.9 Å². The summed E-state index contributed by atoms with van der Waals surface area (Å²) in [6, 6.07) is 0.385. The van der Waals surface area contributed by atoms with Crippen LogP contribution in [0.3, 0.4) is 0 Å². The highest BCUT2D eigenvalue weighted by molar-refractivity contribution is 6.21. The zero-order valence-corrected chi connectivity index (χ0v) is 11.9. The predicted molar refractivity (Wildman–Crippen MR) is 71.4 cm³/mol. The van der Waals surface area contributed by atoms with Crippen molar-refractivity contribution in [3.63, 3.8) is 0 Å². The van der Waals surface area contributed by atoms with Crippen molar-refractivity contribution >= 4 is 11.6 Å². The first-order chi connectivity index (χ1) is 8.48. The summed E-state index contributed by atoms with van der Waals surface area (Å²) < 4.78 is 26.8. The van der Waals surface area contributed by atoms with Crippen molar-refractivity contribution in [1.82, 2.24) is 4.90 Å². The maximum absolute atomic E-state index is 13.4. The Bertz CT molecular complexity index is 273. The maximum Gasteiger partial charge on any atom is 0.248 e. The largest absolute Gasteiger partial charge is 0.302 e. The third-order valence-corrected chi connectivity index (χ3v) is 5.01. The molecule has 2 aliphatic carbocycles. The van der Waals surface area contributed by atoms with E-state index in [-0.39, 0.29) is 24.1 Å². The van der Waals surface area contributed by atoms with Gasteiger partial charge in [-0.1, -0.05) is 12.8 Å². The van der Waals surface area contributed by atoms with E-state index in [0.717, 1.165) is 25.8 Å². The molecule has 2 aliphatic rings. The van der Waals surface area contributed by atoms with E-state index < -0.39 is 5.92 Å². The normalized spacial score (nSPS) is 36.8. The second kappa shape index (κ2) is 6.04. The van der Waals surface area contributed by atoms with Crippen LogP contribution >= 0.6 is 11.6 Å². The van der Waals surface area contributed by atoms with E-state index in [1.54, 1.807) is 0 Å². The third kappa shape index (κ3) is 3.80. The molecule has 3 unspecified atom stereocenters. The van der Waals surface area contributed by atoms with Gasteiger partial charge in [0, 0.05) is 30.8 Å². The maximum atomic E-state index is 13.4. The summed E-state index contributed by atoms with van der Waals surface area (Å²) in [5, 5.41) is 0.202. The number of halogens is 3. The zero-order chi connectivity index (χ0) is 13.2. The molecule has 0 saturated heterocycles. The minimum Gasteiger partial charge on any atom is -0.302 e. The Kier molecular flexibility index (Phi) is 4.87. The van der Waals surface area contributed by atoms with Crippen molar-refractivity contribution in [3.8, 4) is 0 Å². The Labute approximate surface area is 114 Å². The smallest absolute Gasteiger partial charge is 0.248 e. The van der Waals surface area contributed by atoms with Gasteiger partial charge in [0.15, 0.2) is 0 Å². The summed E-state index contributed by atoms with van der Waals surface area (Å²) in [4.78, 5) is 2.24. The first-order valence-electron chi connectivity index (χ1n) is 7.20. The summed E-state index contributed by atoms with van der Waals surface area (Å²) >= 11 is 6.36. The highest BCUT2D eigenvalue weighted by atomic mass is 35.5. The van der Waals surface area contributed by atoms with Gasteiger partial charge in [-0.05, 0) is 38.6 Å². The predicted octanol–water partition coefficient (Wildman–Crippen LogP) is 4.29. The summed E-state index contributed by atoms with van der Waals surface area (Å²) in [5.41, 5.74) is 0. The van der Waals surface area contributed by atoms with Crippen LogP contribution in [0.25, 0.3) is 0 Å². The van der Waals surface area contributed by atoms with Crippen LogP contribution in [0, 0.1) is 5.92 Å². The zero-order valence-electron chi connectivity index (χ0n) is 11.2. The number of nitrogens with zero attached hydrogens (tertiary/aromatic N) is 1. The molecule has 0 radical (unpaired) electrons. The average Bonchev–Trinajstić information content (AvgIpc) is 2.28. The fourth-order valence-corrected chi connectivity index (χ4v) is 4.01. The first kappa shape index (κ1) is 14.5. The van der Waals surface area contributed by atoms with E-state index in [9.17, 15) is 8.78 Å². The van der Waals surface area contributed by atoms with Gasteiger partial charge < -0.3 is 4.90 Å². The molecular formula is C14H24ClF2N. The molecule has 0 N–H and O–H groups in total. The quantitative estimate of drug-likeness (QED) is 0.697. The molecule has 2 fully saturated rings. The van der Waals surface area contributed by atoms with E-state index >= 15 is 0 Å². The minimum absolute atomic E-state index is 0.0665. The lowest BCUT2D eigenvalue weighted by atomic mass is 9.85. The van der Waals surface area contributed by atoms with Crippen molar-refractivity contribution in [2.24, 2.45) is 5.92 Å². The monoisotopic (exact) mass is 279 g/mol. The fourth-order valence-electron chi connectivity index (χ4n) is 3.54. The molecule has 0 aromatic heterocycles. The van der Waals surface area contributed by atoms with Gasteiger partial charge in [-0.3, -0.25) is 0 Å². The van der Waals surface area contributed by atoms with Crippen LogP contribution < -0.4 is 0 Å². The summed E-state index contributed by atoms with van der Waals surface area (Å²) in [6.07, 6.45) is 6.37. The lowest BCUT2D eigenvalue weighted by Crippen LogP contribution is -2.44. The third-order valence-electron chi connectivity index (χ3n) is 4.50. The Morgan fingerprint density at radius 2 is 1.89 bits per heavy atom. The number of hydrogen-bond acceptors (Lipinski definition) is 1. The highest BCUT2D eigenvalue weighted by Gasteiger charge is 2.37. The Morgan fingerprint density at radius 1 is 1.17 bits per heavy atom. The standard InChI is InChI=1S/C14H24ClF2N/c1-18(13-7-3-2-6-12(13)15)10-11-5-4-8-14(16,17)9-11/h11-13H,2-10H2,1H3. The first-order valence-corrected chi connectivity index (χ1v) is 7.64. The summed E-state index contributed by atoms with van der Waals surface area (Å²) in [6.45, 7) is 0.781. The van der Waals surface area contributed by atoms with Crippen molar-refractivity contribution in [2.75, 3.05) is 13.6 Å². The molecule has 0 heterocycles. The highest BCUT2D eigenvalue weighted by Crippen LogP contribution is 2.37. The van der Waals surface area contributed by atoms with Gasteiger partial charge in [0.2, 0.25) is 5.92 Å². The molecule has 1 nitrogen and oxygen atoms in total. The molecule has 0 bridgehead atoms.